The third-order valence-corrected chi connectivity index (χ3v) is 3.33. The molecule has 2 rings (SSSR count). The number of hydrogen-bond acceptors (Lipinski definition) is 6. The van der Waals surface area contributed by atoms with Gasteiger partial charge in [0.15, 0.2) is 12.4 Å². The van der Waals surface area contributed by atoms with Crippen molar-refractivity contribution in [3.63, 3.8) is 0 Å². The van der Waals surface area contributed by atoms with E-state index in [4.69, 9.17) is 15.0 Å². The molecule has 0 amide bonds. The number of hydrogen-bond donors (Lipinski definition) is 1. The second kappa shape index (κ2) is 7.64. The van der Waals surface area contributed by atoms with Crippen LogP contribution in [0.15, 0.2) is 28.8 Å². The Morgan fingerprint density at radius 3 is 2.71 bits per heavy atom. The predicted molar refractivity (Wildman–Crippen MR) is 81.0 cm³/mol. The minimum atomic E-state index is 0.229. The third kappa shape index (κ3) is 4.46. The maximum atomic E-state index is 5.80. The van der Waals surface area contributed by atoms with Crippen molar-refractivity contribution in [3.05, 3.63) is 36.0 Å². The molecule has 6 heteroatoms. The van der Waals surface area contributed by atoms with Gasteiger partial charge in [0.1, 0.15) is 5.75 Å². The van der Waals surface area contributed by atoms with Crippen molar-refractivity contribution < 1.29 is 9.26 Å². The second-order valence-electron chi connectivity index (χ2n) is 4.71. The minimum absolute atomic E-state index is 0.229. The van der Waals surface area contributed by atoms with Gasteiger partial charge in [-0.3, -0.25) is 0 Å². The number of likely N-dealkylation sites (N-methyl/N-ethyl adjacent to an activating group) is 1. The van der Waals surface area contributed by atoms with E-state index in [-0.39, 0.29) is 6.61 Å². The molecule has 114 valence electrons. The van der Waals surface area contributed by atoms with Crippen LogP contribution in [0.2, 0.25) is 0 Å². The van der Waals surface area contributed by atoms with Crippen LogP contribution in [0.3, 0.4) is 0 Å². The quantitative estimate of drug-likeness (QED) is 0.750. The summed E-state index contributed by atoms with van der Waals surface area (Å²) >= 11 is 0. The first-order valence-corrected chi connectivity index (χ1v) is 7.24. The first-order valence-electron chi connectivity index (χ1n) is 7.24. The van der Waals surface area contributed by atoms with Crippen molar-refractivity contribution in [2.24, 2.45) is 0 Å². The topological polar surface area (TPSA) is 77.4 Å². The molecule has 2 aromatic rings. The van der Waals surface area contributed by atoms with E-state index in [9.17, 15) is 0 Å². The lowest BCUT2D eigenvalue weighted by atomic mass is 10.3. The Hall–Kier alpha value is -2.08. The molecule has 1 aromatic carbocycles. The lowest BCUT2D eigenvalue weighted by Gasteiger charge is -2.16. The Morgan fingerprint density at radius 2 is 2.00 bits per heavy atom. The number of nitrogens with two attached hydrogens (primary N) is 1. The molecule has 0 aliphatic rings. The van der Waals surface area contributed by atoms with Crippen LogP contribution in [0.5, 0.6) is 5.75 Å². The summed E-state index contributed by atoms with van der Waals surface area (Å²) in [6.07, 6.45) is 0.776. The van der Waals surface area contributed by atoms with Crippen molar-refractivity contribution in [1.29, 1.82) is 0 Å². The molecule has 0 bridgehead atoms. The summed E-state index contributed by atoms with van der Waals surface area (Å²) in [6, 6.07) is 7.33. The van der Waals surface area contributed by atoms with Crippen molar-refractivity contribution in [1.82, 2.24) is 15.0 Å². The van der Waals surface area contributed by atoms with Crippen LogP contribution >= 0.6 is 0 Å². The Kier molecular flexibility index (Phi) is 5.57. The van der Waals surface area contributed by atoms with Gasteiger partial charge >= 0.3 is 0 Å². The standard InChI is InChI=1S/C15H22N4O2/c1-3-19(4-2)10-9-14-17-15(21-18-14)11-20-13-8-6-5-7-12(13)16/h5-8H,3-4,9-11,16H2,1-2H3. The smallest absolute Gasteiger partial charge is 0.264 e. The van der Waals surface area contributed by atoms with Crippen LogP contribution in [0.1, 0.15) is 25.6 Å². The average Bonchev–Trinajstić information content (AvgIpc) is 2.95. The molecule has 0 saturated carbocycles. The molecule has 0 spiro atoms. The molecule has 21 heavy (non-hydrogen) atoms. The zero-order valence-electron chi connectivity index (χ0n) is 12.6. The van der Waals surface area contributed by atoms with E-state index >= 15 is 0 Å². The summed E-state index contributed by atoms with van der Waals surface area (Å²) in [7, 11) is 0. The van der Waals surface area contributed by atoms with Crippen molar-refractivity contribution in [2.75, 3.05) is 25.4 Å². The Labute approximate surface area is 124 Å². The number of para-hydroxylation sites is 2. The number of benzene rings is 1. The second-order valence-corrected chi connectivity index (χ2v) is 4.71. The largest absolute Gasteiger partial charge is 0.482 e. The van der Waals surface area contributed by atoms with Crippen LogP contribution in [0, 0.1) is 0 Å². The highest BCUT2D eigenvalue weighted by Crippen LogP contribution is 2.20. The van der Waals surface area contributed by atoms with Crippen molar-refractivity contribution in [2.45, 2.75) is 26.9 Å². The fourth-order valence-electron chi connectivity index (χ4n) is 2.00. The van der Waals surface area contributed by atoms with Crippen LogP contribution in [0.4, 0.5) is 5.69 Å². The monoisotopic (exact) mass is 290 g/mol. The minimum Gasteiger partial charge on any atom is -0.482 e. The number of ether oxygens (including phenoxy) is 1. The fraction of sp³-hybridized carbons (Fsp3) is 0.467. The Morgan fingerprint density at radius 1 is 1.24 bits per heavy atom. The molecular weight excluding hydrogens is 268 g/mol. The normalized spacial score (nSPS) is 11.0. The predicted octanol–water partition coefficient (Wildman–Crippen LogP) is 2.12. The molecular formula is C15H22N4O2. The summed E-state index contributed by atoms with van der Waals surface area (Å²) in [5.41, 5.74) is 6.40. The first kappa shape index (κ1) is 15.3. The molecule has 0 unspecified atom stereocenters. The molecule has 0 radical (unpaired) electrons. The summed E-state index contributed by atoms with van der Waals surface area (Å²) in [5, 5.41) is 3.97. The molecule has 0 aliphatic heterocycles. The Balaban J connectivity index is 1.84. The summed E-state index contributed by atoms with van der Waals surface area (Å²) in [6.45, 7) is 7.49. The van der Waals surface area contributed by atoms with E-state index in [0.717, 1.165) is 26.1 Å². The number of nitrogens with zero attached hydrogens (tertiary/aromatic N) is 3. The average molecular weight is 290 g/mol. The fourth-order valence-corrected chi connectivity index (χ4v) is 2.00. The Bertz CT molecular complexity index is 552. The summed E-state index contributed by atoms with van der Waals surface area (Å²) < 4.78 is 10.8. The van der Waals surface area contributed by atoms with Gasteiger partial charge < -0.3 is 19.9 Å². The van der Waals surface area contributed by atoms with E-state index in [2.05, 4.69) is 28.9 Å². The lowest BCUT2D eigenvalue weighted by Crippen LogP contribution is -2.25. The van der Waals surface area contributed by atoms with E-state index < -0.39 is 0 Å². The highest BCUT2D eigenvalue weighted by Gasteiger charge is 2.09. The summed E-state index contributed by atoms with van der Waals surface area (Å²) in [5.74, 6) is 1.80. The maximum absolute atomic E-state index is 5.80. The molecule has 0 saturated heterocycles. The molecule has 0 fully saturated rings. The van der Waals surface area contributed by atoms with Crippen LogP contribution in [-0.2, 0) is 13.0 Å². The van der Waals surface area contributed by atoms with Gasteiger partial charge in [-0.1, -0.05) is 31.1 Å². The number of nitrogen functional groups attached to an aromatic ring is 1. The molecule has 6 nitrogen and oxygen atoms in total. The van der Waals surface area contributed by atoms with Gasteiger partial charge in [-0.2, -0.15) is 4.98 Å². The van der Waals surface area contributed by atoms with Crippen LogP contribution in [-0.4, -0.2) is 34.7 Å². The number of aromatic nitrogens is 2. The van der Waals surface area contributed by atoms with Crippen LogP contribution < -0.4 is 10.5 Å². The van der Waals surface area contributed by atoms with E-state index in [1.165, 1.54) is 0 Å². The van der Waals surface area contributed by atoms with Gasteiger partial charge in [0.05, 0.1) is 5.69 Å². The van der Waals surface area contributed by atoms with E-state index in [1.54, 1.807) is 6.07 Å². The van der Waals surface area contributed by atoms with Gasteiger partial charge in [-0.05, 0) is 25.2 Å². The molecule has 0 aliphatic carbocycles. The lowest BCUT2D eigenvalue weighted by molar-refractivity contribution is 0.243. The maximum Gasteiger partial charge on any atom is 0.264 e. The molecule has 0 atom stereocenters. The van der Waals surface area contributed by atoms with Gasteiger partial charge in [0.2, 0.25) is 0 Å². The molecule has 1 heterocycles. The summed E-state index contributed by atoms with van der Waals surface area (Å²) in [4.78, 5) is 6.64. The zero-order valence-corrected chi connectivity index (χ0v) is 12.6. The van der Waals surface area contributed by atoms with Crippen LogP contribution in [0.25, 0.3) is 0 Å². The highest BCUT2D eigenvalue weighted by atomic mass is 16.5. The molecule has 1 aromatic heterocycles. The van der Waals surface area contributed by atoms with Gasteiger partial charge in [0.25, 0.3) is 5.89 Å². The molecule has 2 N–H and O–H groups in total. The van der Waals surface area contributed by atoms with Gasteiger partial charge in [-0.15, -0.1) is 0 Å². The number of rotatable bonds is 8. The van der Waals surface area contributed by atoms with Crippen molar-refractivity contribution in [3.8, 4) is 5.75 Å². The van der Waals surface area contributed by atoms with Gasteiger partial charge in [0, 0.05) is 13.0 Å². The van der Waals surface area contributed by atoms with E-state index in [1.807, 2.05) is 18.2 Å². The number of anilines is 1. The SMILES string of the molecule is CCN(CC)CCc1noc(COc2ccccc2N)n1. The van der Waals surface area contributed by atoms with Gasteiger partial charge in [-0.25, -0.2) is 0 Å². The van der Waals surface area contributed by atoms with Crippen molar-refractivity contribution >= 4 is 5.69 Å². The zero-order chi connectivity index (χ0) is 15.1. The first-order chi connectivity index (χ1) is 10.2. The van der Waals surface area contributed by atoms with E-state index in [0.29, 0.717) is 23.2 Å². The third-order valence-electron chi connectivity index (χ3n) is 3.33. The highest BCUT2D eigenvalue weighted by molar-refractivity contribution is 5.51.